The lowest BCUT2D eigenvalue weighted by Gasteiger charge is -2.37. The number of piperidine rings is 2. The summed E-state index contributed by atoms with van der Waals surface area (Å²) in [5.74, 6) is 1.03. The van der Waals surface area contributed by atoms with Crippen LogP contribution in [0.4, 0.5) is 5.82 Å². The minimum absolute atomic E-state index is 0.0369. The molecule has 1 aromatic rings. The topological polar surface area (TPSA) is 78.4 Å². The van der Waals surface area contributed by atoms with Gasteiger partial charge in [0.05, 0.1) is 11.6 Å². The number of hydrogen-bond donors (Lipinski definition) is 1. The lowest BCUT2D eigenvalue weighted by molar-refractivity contribution is -0.140. The van der Waals surface area contributed by atoms with E-state index in [1.807, 2.05) is 24.0 Å². The summed E-state index contributed by atoms with van der Waals surface area (Å²) < 4.78 is 0. The van der Waals surface area contributed by atoms with Gasteiger partial charge in [-0.3, -0.25) is 9.59 Å². The van der Waals surface area contributed by atoms with E-state index in [9.17, 15) is 9.59 Å². The molecule has 7 heteroatoms. The van der Waals surface area contributed by atoms with Gasteiger partial charge in [0.2, 0.25) is 11.8 Å². The fourth-order valence-electron chi connectivity index (χ4n) is 3.65. The third-order valence-corrected chi connectivity index (χ3v) is 5.17. The Balaban J connectivity index is 1.49. The summed E-state index contributed by atoms with van der Waals surface area (Å²) in [5.41, 5.74) is 0.901. The summed E-state index contributed by atoms with van der Waals surface area (Å²) >= 11 is 0. The lowest BCUT2D eigenvalue weighted by Crippen LogP contribution is -2.49. The van der Waals surface area contributed by atoms with E-state index in [4.69, 9.17) is 0 Å². The Labute approximate surface area is 148 Å². The Hall–Kier alpha value is -2.18. The van der Waals surface area contributed by atoms with Gasteiger partial charge in [-0.2, -0.15) is 5.10 Å². The molecule has 2 amide bonds. The highest BCUT2D eigenvalue weighted by atomic mass is 16.2. The van der Waals surface area contributed by atoms with Crippen LogP contribution in [0.2, 0.25) is 0 Å². The van der Waals surface area contributed by atoms with E-state index in [0.717, 1.165) is 56.8 Å². The van der Waals surface area contributed by atoms with E-state index < -0.39 is 0 Å². The predicted octanol–water partition coefficient (Wildman–Crippen LogP) is 1.45. The summed E-state index contributed by atoms with van der Waals surface area (Å²) in [6.45, 7) is 6.37. The lowest BCUT2D eigenvalue weighted by atomic mass is 9.95. The summed E-state index contributed by atoms with van der Waals surface area (Å²) in [7, 11) is 0. The number of hydrogen-bond acceptors (Lipinski definition) is 5. The molecule has 0 spiro atoms. The number of nitrogens with zero attached hydrogens (tertiary/aromatic N) is 4. The molecule has 3 heterocycles. The van der Waals surface area contributed by atoms with Crippen molar-refractivity contribution in [2.75, 3.05) is 31.5 Å². The molecule has 1 atom stereocenters. The van der Waals surface area contributed by atoms with E-state index in [0.29, 0.717) is 12.6 Å². The molecule has 1 aromatic heterocycles. The van der Waals surface area contributed by atoms with Crippen LogP contribution in [0.5, 0.6) is 0 Å². The molecule has 2 saturated heterocycles. The van der Waals surface area contributed by atoms with Crippen molar-refractivity contribution in [2.45, 2.75) is 45.6 Å². The van der Waals surface area contributed by atoms with Crippen LogP contribution >= 0.6 is 0 Å². The summed E-state index contributed by atoms with van der Waals surface area (Å²) in [6, 6.07) is 4.21. The number of aryl methyl sites for hydroxylation is 1. The fourth-order valence-corrected chi connectivity index (χ4v) is 3.65. The van der Waals surface area contributed by atoms with Crippen LogP contribution in [0.3, 0.4) is 0 Å². The van der Waals surface area contributed by atoms with Crippen molar-refractivity contribution in [1.82, 2.24) is 20.0 Å². The number of nitrogens with one attached hydrogen (secondary N) is 1. The average molecular weight is 345 g/mol. The van der Waals surface area contributed by atoms with Gasteiger partial charge >= 0.3 is 0 Å². The molecule has 2 aliphatic rings. The van der Waals surface area contributed by atoms with Crippen molar-refractivity contribution in [2.24, 2.45) is 5.92 Å². The zero-order valence-corrected chi connectivity index (χ0v) is 15.1. The van der Waals surface area contributed by atoms with Crippen LogP contribution in [-0.2, 0) is 9.59 Å². The van der Waals surface area contributed by atoms with Crippen molar-refractivity contribution < 1.29 is 9.59 Å². The van der Waals surface area contributed by atoms with Crippen LogP contribution in [0.1, 0.15) is 38.3 Å². The molecule has 25 heavy (non-hydrogen) atoms. The number of likely N-dealkylation sites (tertiary alicyclic amines) is 2. The molecule has 0 radical (unpaired) electrons. The molecule has 0 saturated carbocycles. The molecule has 7 nitrogen and oxygen atoms in total. The largest absolute Gasteiger partial charge is 0.366 e. The van der Waals surface area contributed by atoms with Gasteiger partial charge in [0, 0.05) is 39.1 Å². The molecule has 0 aromatic carbocycles. The second kappa shape index (κ2) is 7.80. The number of carbonyl (C=O) groups excluding carboxylic acids is 2. The fraction of sp³-hybridized carbons (Fsp3) is 0.667. The Morgan fingerprint density at radius 2 is 1.84 bits per heavy atom. The van der Waals surface area contributed by atoms with Gasteiger partial charge in [0.15, 0.2) is 0 Å². The molecule has 1 unspecified atom stereocenters. The molecule has 1 N–H and O–H groups in total. The molecule has 2 fully saturated rings. The van der Waals surface area contributed by atoms with E-state index in [-0.39, 0.29) is 17.7 Å². The van der Waals surface area contributed by atoms with Crippen LogP contribution in [0.15, 0.2) is 12.1 Å². The van der Waals surface area contributed by atoms with Crippen molar-refractivity contribution in [3.05, 3.63) is 17.8 Å². The molecule has 2 aliphatic heterocycles. The highest BCUT2D eigenvalue weighted by Crippen LogP contribution is 2.22. The summed E-state index contributed by atoms with van der Waals surface area (Å²) in [4.78, 5) is 28.1. The molecule has 0 aliphatic carbocycles. The number of amides is 2. The quantitative estimate of drug-likeness (QED) is 0.897. The first-order chi connectivity index (χ1) is 12.0. The van der Waals surface area contributed by atoms with E-state index >= 15 is 0 Å². The summed E-state index contributed by atoms with van der Waals surface area (Å²) in [5, 5.41) is 11.6. The predicted molar refractivity (Wildman–Crippen MR) is 95.0 cm³/mol. The third kappa shape index (κ3) is 4.46. The molecule has 136 valence electrons. The maximum absolute atomic E-state index is 12.8. The van der Waals surface area contributed by atoms with E-state index in [1.165, 1.54) is 0 Å². The Bertz CT molecular complexity index is 610. The molecular weight excluding hydrogens is 318 g/mol. The van der Waals surface area contributed by atoms with Crippen LogP contribution in [0, 0.1) is 12.8 Å². The van der Waals surface area contributed by atoms with Crippen molar-refractivity contribution in [3.63, 3.8) is 0 Å². The smallest absolute Gasteiger partial charge is 0.227 e. The van der Waals surface area contributed by atoms with E-state index in [1.54, 1.807) is 11.8 Å². The third-order valence-electron chi connectivity index (χ3n) is 5.17. The highest BCUT2D eigenvalue weighted by molar-refractivity contribution is 5.81. The Kier molecular flexibility index (Phi) is 5.50. The second-order valence-corrected chi connectivity index (χ2v) is 7.11. The minimum atomic E-state index is -0.0369. The zero-order chi connectivity index (χ0) is 17.8. The molecule has 0 bridgehead atoms. The van der Waals surface area contributed by atoms with Crippen molar-refractivity contribution in [1.29, 1.82) is 0 Å². The monoisotopic (exact) mass is 345 g/mol. The minimum Gasteiger partial charge on any atom is -0.366 e. The summed E-state index contributed by atoms with van der Waals surface area (Å²) in [6.07, 6.45) is 3.62. The SMILES string of the molecule is CC(=O)N1CCCC(C(=O)N2CCC(Nc3ccc(C)nn3)CC2)C1. The Morgan fingerprint density at radius 1 is 1.08 bits per heavy atom. The first-order valence-electron chi connectivity index (χ1n) is 9.14. The second-order valence-electron chi connectivity index (χ2n) is 7.11. The van der Waals surface area contributed by atoms with E-state index in [2.05, 4.69) is 15.5 Å². The maximum Gasteiger partial charge on any atom is 0.227 e. The van der Waals surface area contributed by atoms with Gasteiger partial charge in [-0.1, -0.05) is 0 Å². The number of rotatable bonds is 3. The van der Waals surface area contributed by atoms with Crippen LogP contribution in [0.25, 0.3) is 0 Å². The normalized spacial score (nSPS) is 21.9. The van der Waals surface area contributed by atoms with Gasteiger partial charge < -0.3 is 15.1 Å². The zero-order valence-electron chi connectivity index (χ0n) is 15.1. The average Bonchev–Trinajstić information content (AvgIpc) is 2.64. The highest BCUT2D eigenvalue weighted by Gasteiger charge is 2.32. The maximum atomic E-state index is 12.8. The first-order valence-corrected chi connectivity index (χ1v) is 9.14. The number of anilines is 1. The van der Waals surface area contributed by atoms with Crippen LogP contribution in [-0.4, -0.2) is 64.0 Å². The van der Waals surface area contributed by atoms with Crippen molar-refractivity contribution >= 4 is 17.6 Å². The Morgan fingerprint density at radius 3 is 2.48 bits per heavy atom. The molecule has 3 rings (SSSR count). The van der Waals surface area contributed by atoms with Crippen LogP contribution < -0.4 is 5.32 Å². The van der Waals surface area contributed by atoms with Gasteiger partial charge in [-0.25, -0.2) is 0 Å². The van der Waals surface area contributed by atoms with Crippen molar-refractivity contribution in [3.8, 4) is 0 Å². The van der Waals surface area contributed by atoms with Gasteiger partial charge in [-0.15, -0.1) is 5.10 Å². The van der Waals surface area contributed by atoms with Gasteiger partial charge in [0.1, 0.15) is 5.82 Å². The number of aromatic nitrogens is 2. The standard InChI is InChI=1S/C18H27N5O2/c1-13-5-6-17(21-20-13)19-16-7-10-22(11-8-16)18(25)15-4-3-9-23(12-15)14(2)24/h5-6,15-16H,3-4,7-12H2,1-2H3,(H,19,21). The van der Waals surface area contributed by atoms with Gasteiger partial charge in [-0.05, 0) is 44.7 Å². The van der Waals surface area contributed by atoms with Gasteiger partial charge in [0.25, 0.3) is 0 Å². The number of carbonyl (C=O) groups is 2. The molecular formula is C18H27N5O2. The first kappa shape index (κ1) is 17.6.